The summed E-state index contributed by atoms with van der Waals surface area (Å²) in [4.78, 5) is 2.54. The Balaban J connectivity index is 1.82. The SMILES string of the molecule is CC1CCCN(CCc2cccc(O)c2)C1. The smallest absolute Gasteiger partial charge is 0.115 e. The highest BCUT2D eigenvalue weighted by molar-refractivity contribution is 5.27. The first-order valence-electron chi connectivity index (χ1n) is 6.24. The van der Waals surface area contributed by atoms with E-state index in [0.29, 0.717) is 5.75 Å². The quantitative estimate of drug-likeness (QED) is 0.845. The molecular formula is C14H21NO. The van der Waals surface area contributed by atoms with Crippen LogP contribution in [0, 0.1) is 5.92 Å². The van der Waals surface area contributed by atoms with E-state index in [4.69, 9.17) is 0 Å². The van der Waals surface area contributed by atoms with E-state index in [1.54, 1.807) is 6.07 Å². The molecule has 1 fully saturated rings. The predicted octanol–water partition coefficient (Wildman–Crippen LogP) is 2.67. The molecule has 2 heteroatoms. The number of aromatic hydroxyl groups is 1. The van der Waals surface area contributed by atoms with Crippen molar-refractivity contribution in [3.05, 3.63) is 29.8 Å². The van der Waals surface area contributed by atoms with Gasteiger partial charge in [-0.2, -0.15) is 0 Å². The molecular weight excluding hydrogens is 198 g/mol. The Bertz CT molecular complexity index is 337. The summed E-state index contributed by atoms with van der Waals surface area (Å²) in [7, 11) is 0. The summed E-state index contributed by atoms with van der Waals surface area (Å²) in [5.41, 5.74) is 1.23. The number of phenolic OH excluding ortho intramolecular Hbond substituents is 1. The molecule has 0 aromatic heterocycles. The molecule has 1 heterocycles. The minimum absolute atomic E-state index is 0.379. The molecule has 88 valence electrons. The summed E-state index contributed by atoms with van der Waals surface area (Å²) < 4.78 is 0. The van der Waals surface area contributed by atoms with Crippen LogP contribution in [-0.4, -0.2) is 29.6 Å². The van der Waals surface area contributed by atoms with Gasteiger partial charge in [-0.3, -0.25) is 0 Å². The van der Waals surface area contributed by atoms with Crippen molar-refractivity contribution in [1.82, 2.24) is 4.90 Å². The molecule has 2 rings (SSSR count). The van der Waals surface area contributed by atoms with Crippen molar-refractivity contribution in [3.8, 4) is 5.75 Å². The van der Waals surface area contributed by atoms with Crippen LogP contribution in [0.4, 0.5) is 0 Å². The molecule has 0 aliphatic carbocycles. The highest BCUT2D eigenvalue weighted by Gasteiger charge is 2.15. The lowest BCUT2D eigenvalue weighted by Gasteiger charge is -2.30. The Labute approximate surface area is 97.9 Å². The van der Waals surface area contributed by atoms with Crippen LogP contribution in [0.3, 0.4) is 0 Å². The summed E-state index contributed by atoms with van der Waals surface area (Å²) in [5.74, 6) is 1.22. The zero-order valence-corrected chi connectivity index (χ0v) is 10.0. The van der Waals surface area contributed by atoms with Gasteiger partial charge in [0.15, 0.2) is 0 Å². The summed E-state index contributed by atoms with van der Waals surface area (Å²) in [6.45, 7) is 5.93. The summed E-state index contributed by atoms with van der Waals surface area (Å²) in [5, 5.41) is 9.38. The molecule has 1 aromatic carbocycles. The Morgan fingerprint density at radius 2 is 2.31 bits per heavy atom. The van der Waals surface area contributed by atoms with Crippen LogP contribution in [0.5, 0.6) is 5.75 Å². The number of benzene rings is 1. The minimum atomic E-state index is 0.379. The first-order valence-corrected chi connectivity index (χ1v) is 6.24. The molecule has 0 bridgehead atoms. The number of rotatable bonds is 3. The first-order chi connectivity index (χ1) is 7.74. The van der Waals surface area contributed by atoms with Crippen LogP contribution in [0.15, 0.2) is 24.3 Å². The van der Waals surface area contributed by atoms with Gasteiger partial charge >= 0.3 is 0 Å². The average molecular weight is 219 g/mol. The van der Waals surface area contributed by atoms with E-state index < -0.39 is 0 Å². The number of hydrogen-bond acceptors (Lipinski definition) is 2. The van der Waals surface area contributed by atoms with Crippen LogP contribution < -0.4 is 0 Å². The van der Waals surface area contributed by atoms with E-state index in [2.05, 4.69) is 17.9 Å². The van der Waals surface area contributed by atoms with Gasteiger partial charge < -0.3 is 10.0 Å². The van der Waals surface area contributed by atoms with Crippen LogP contribution in [-0.2, 0) is 6.42 Å². The van der Waals surface area contributed by atoms with Crippen LogP contribution in [0.25, 0.3) is 0 Å². The average Bonchev–Trinajstić information content (AvgIpc) is 2.27. The van der Waals surface area contributed by atoms with Gasteiger partial charge in [-0.15, -0.1) is 0 Å². The highest BCUT2D eigenvalue weighted by Crippen LogP contribution is 2.17. The van der Waals surface area contributed by atoms with Crippen LogP contribution >= 0.6 is 0 Å². The lowest BCUT2D eigenvalue weighted by molar-refractivity contribution is 0.186. The molecule has 2 nitrogen and oxygen atoms in total. The standard InChI is InChI=1S/C14H21NO/c1-12-4-3-8-15(11-12)9-7-13-5-2-6-14(16)10-13/h2,5-6,10,12,16H,3-4,7-9,11H2,1H3. The van der Waals surface area contributed by atoms with Gasteiger partial charge in [0.2, 0.25) is 0 Å². The van der Waals surface area contributed by atoms with Crippen molar-refractivity contribution in [1.29, 1.82) is 0 Å². The largest absolute Gasteiger partial charge is 0.508 e. The van der Waals surface area contributed by atoms with Crippen molar-refractivity contribution in [2.45, 2.75) is 26.2 Å². The molecule has 1 saturated heterocycles. The molecule has 1 aliphatic heterocycles. The lowest BCUT2D eigenvalue weighted by atomic mass is 10.00. The maximum Gasteiger partial charge on any atom is 0.115 e. The van der Waals surface area contributed by atoms with Gasteiger partial charge in [0.1, 0.15) is 5.75 Å². The number of hydrogen-bond donors (Lipinski definition) is 1. The number of piperidine rings is 1. The third-order valence-electron chi connectivity index (χ3n) is 3.37. The Kier molecular flexibility index (Phi) is 3.83. The fraction of sp³-hybridized carbons (Fsp3) is 0.571. The molecule has 0 saturated carbocycles. The van der Waals surface area contributed by atoms with E-state index in [1.807, 2.05) is 12.1 Å². The van der Waals surface area contributed by atoms with Gasteiger partial charge in [0.25, 0.3) is 0 Å². The van der Waals surface area contributed by atoms with Crippen LogP contribution in [0.1, 0.15) is 25.3 Å². The molecule has 0 spiro atoms. The van der Waals surface area contributed by atoms with Gasteiger partial charge in [0, 0.05) is 13.1 Å². The van der Waals surface area contributed by atoms with E-state index in [1.165, 1.54) is 31.5 Å². The second-order valence-corrected chi connectivity index (χ2v) is 4.97. The van der Waals surface area contributed by atoms with Crippen molar-refractivity contribution in [2.24, 2.45) is 5.92 Å². The molecule has 0 radical (unpaired) electrons. The van der Waals surface area contributed by atoms with Gasteiger partial charge in [-0.1, -0.05) is 19.1 Å². The Morgan fingerprint density at radius 1 is 1.44 bits per heavy atom. The third-order valence-corrected chi connectivity index (χ3v) is 3.37. The Morgan fingerprint density at radius 3 is 3.06 bits per heavy atom. The lowest BCUT2D eigenvalue weighted by Crippen LogP contribution is -2.35. The van der Waals surface area contributed by atoms with Gasteiger partial charge in [-0.05, 0) is 49.4 Å². The number of nitrogens with zero attached hydrogens (tertiary/aromatic N) is 1. The first kappa shape index (κ1) is 11.5. The second-order valence-electron chi connectivity index (χ2n) is 4.97. The maximum atomic E-state index is 9.38. The van der Waals surface area contributed by atoms with Crippen molar-refractivity contribution in [3.63, 3.8) is 0 Å². The maximum absolute atomic E-state index is 9.38. The van der Waals surface area contributed by atoms with E-state index in [-0.39, 0.29) is 0 Å². The monoisotopic (exact) mass is 219 g/mol. The molecule has 1 atom stereocenters. The Hall–Kier alpha value is -1.02. The van der Waals surface area contributed by atoms with Crippen molar-refractivity contribution < 1.29 is 5.11 Å². The second kappa shape index (κ2) is 5.35. The fourth-order valence-corrected chi connectivity index (χ4v) is 2.49. The zero-order valence-electron chi connectivity index (χ0n) is 10.0. The highest BCUT2D eigenvalue weighted by atomic mass is 16.3. The summed E-state index contributed by atoms with van der Waals surface area (Å²) in [6.07, 6.45) is 3.75. The fourth-order valence-electron chi connectivity index (χ4n) is 2.49. The number of phenols is 1. The molecule has 1 aromatic rings. The molecule has 1 unspecified atom stereocenters. The van der Waals surface area contributed by atoms with Crippen molar-refractivity contribution in [2.75, 3.05) is 19.6 Å². The van der Waals surface area contributed by atoms with Gasteiger partial charge in [-0.25, -0.2) is 0 Å². The molecule has 1 N–H and O–H groups in total. The molecule has 16 heavy (non-hydrogen) atoms. The zero-order chi connectivity index (χ0) is 11.4. The minimum Gasteiger partial charge on any atom is -0.508 e. The topological polar surface area (TPSA) is 23.5 Å². The van der Waals surface area contributed by atoms with E-state index in [9.17, 15) is 5.11 Å². The third kappa shape index (κ3) is 3.24. The molecule has 0 amide bonds. The summed E-state index contributed by atoms with van der Waals surface area (Å²) >= 11 is 0. The van der Waals surface area contributed by atoms with Crippen molar-refractivity contribution >= 4 is 0 Å². The van der Waals surface area contributed by atoms with E-state index in [0.717, 1.165) is 18.9 Å². The van der Waals surface area contributed by atoms with E-state index >= 15 is 0 Å². The molecule has 1 aliphatic rings. The van der Waals surface area contributed by atoms with Gasteiger partial charge in [0.05, 0.1) is 0 Å². The predicted molar refractivity (Wildman–Crippen MR) is 66.6 cm³/mol. The summed E-state index contributed by atoms with van der Waals surface area (Å²) in [6, 6.07) is 7.61. The number of likely N-dealkylation sites (tertiary alicyclic amines) is 1. The van der Waals surface area contributed by atoms with Crippen LogP contribution in [0.2, 0.25) is 0 Å². The normalized spacial score (nSPS) is 22.2.